The fourth-order valence-electron chi connectivity index (χ4n) is 2.67. The van der Waals surface area contributed by atoms with Crippen LogP contribution in [0.4, 0.5) is 0 Å². The number of pyridine rings is 1. The number of benzene rings is 1. The van der Waals surface area contributed by atoms with Gasteiger partial charge in [0.2, 0.25) is 0 Å². The van der Waals surface area contributed by atoms with Crippen LogP contribution in [0.5, 0.6) is 11.5 Å². The van der Waals surface area contributed by atoms with Crippen molar-refractivity contribution in [3.63, 3.8) is 0 Å². The predicted molar refractivity (Wildman–Crippen MR) is 102 cm³/mol. The van der Waals surface area contributed by atoms with Gasteiger partial charge in [-0.05, 0) is 36.8 Å². The maximum Gasteiger partial charge on any atom is 0.332 e. The molecule has 2 heterocycles. The van der Waals surface area contributed by atoms with E-state index in [4.69, 9.17) is 0 Å². The zero-order valence-corrected chi connectivity index (χ0v) is 15.3. The van der Waals surface area contributed by atoms with Gasteiger partial charge in [0.25, 0.3) is 11.5 Å². The van der Waals surface area contributed by atoms with Gasteiger partial charge in [-0.25, -0.2) is 15.2 Å². The molecule has 10 heteroatoms. The molecule has 3 N–H and O–H groups in total. The molecule has 0 spiro atoms. The minimum atomic E-state index is -0.595. The van der Waals surface area contributed by atoms with Crippen molar-refractivity contribution >= 4 is 23.2 Å². The first-order valence-corrected chi connectivity index (χ1v) is 8.13. The average molecular weight is 383 g/mol. The Hall–Kier alpha value is -3.95. The van der Waals surface area contributed by atoms with Gasteiger partial charge in [-0.1, -0.05) is 0 Å². The van der Waals surface area contributed by atoms with Crippen LogP contribution in [0.2, 0.25) is 0 Å². The second kappa shape index (κ2) is 6.99. The van der Waals surface area contributed by atoms with Gasteiger partial charge in [-0.2, -0.15) is 5.10 Å². The number of nitrogens with zero attached hydrogens (tertiary/aromatic N) is 4. The highest BCUT2D eigenvalue weighted by Gasteiger charge is 2.16. The highest BCUT2D eigenvalue weighted by Crippen LogP contribution is 2.23. The number of aromatic hydroxyl groups is 2. The van der Waals surface area contributed by atoms with Gasteiger partial charge in [0, 0.05) is 14.1 Å². The van der Waals surface area contributed by atoms with Crippen molar-refractivity contribution in [2.45, 2.75) is 6.92 Å². The number of carbonyl (C=O) groups is 1. The molecule has 144 valence electrons. The number of rotatable bonds is 3. The summed E-state index contributed by atoms with van der Waals surface area (Å²) >= 11 is 0. The number of fused-ring (bicyclic) bond motifs is 1. The molecule has 3 rings (SSSR count). The van der Waals surface area contributed by atoms with E-state index >= 15 is 0 Å². The highest BCUT2D eigenvalue weighted by atomic mass is 16.3. The number of phenols is 2. The first-order chi connectivity index (χ1) is 13.2. The van der Waals surface area contributed by atoms with Crippen molar-refractivity contribution in [2.75, 3.05) is 0 Å². The molecule has 0 aliphatic heterocycles. The summed E-state index contributed by atoms with van der Waals surface area (Å²) in [4.78, 5) is 41.0. The van der Waals surface area contributed by atoms with Crippen LogP contribution in [0, 0.1) is 6.92 Å². The van der Waals surface area contributed by atoms with Gasteiger partial charge in [-0.3, -0.25) is 18.7 Å². The molecular weight excluding hydrogens is 366 g/mol. The van der Waals surface area contributed by atoms with Crippen molar-refractivity contribution in [1.29, 1.82) is 0 Å². The number of amides is 1. The van der Waals surface area contributed by atoms with Crippen molar-refractivity contribution in [2.24, 2.45) is 19.2 Å². The van der Waals surface area contributed by atoms with Crippen molar-refractivity contribution in [3.8, 4) is 11.5 Å². The van der Waals surface area contributed by atoms with Gasteiger partial charge in [0.15, 0.2) is 11.5 Å². The maximum atomic E-state index is 12.4. The number of hydrogen-bond donors (Lipinski definition) is 3. The zero-order valence-electron chi connectivity index (χ0n) is 15.3. The van der Waals surface area contributed by atoms with Gasteiger partial charge in [0.05, 0.1) is 22.9 Å². The summed E-state index contributed by atoms with van der Waals surface area (Å²) in [6, 6.07) is 5.43. The van der Waals surface area contributed by atoms with E-state index in [1.807, 2.05) is 0 Å². The summed E-state index contributed by atoms with van der Waals surface area (Å²) in [6.07, 6.45) is 1.28. The van der Waals surface area contributed by atoms with Gasteiger partial charge in [0.1, 0.15) is 5.65 Å². The lowest BCUT2D eigenvalue weighted by Gasteiger charge is -2.10. The Morgan fingerprint density at radius 3 is 2.54 bits per heavy atom. The molecule has 28 heavy (non-hydrogen) atoms. The number of aromatic nitrogens is 3. The monoisotopic (exact) mass is 383 g/mol. The highest BCUT2D eigenvalue weighted by molar-refractivity contribution is 5.98. The summed E-state index contributed by atoms with van der Waals surface area (Å²) in [7, 11) is 2.84. The average Bonchev–Trinajstić information content (AvgIpc) is 2.67. The Balaban J connectivity index is 1.94. The van der Waals surface area contributed by atoms with Gasteiger partial charge in [-0.15, -0.1) is 0 Å². The Labute approximate surface area is 158 Å². The number of phenolic OH excluding ortho intramolecular Hbond substituents is 2. The standard InChI is InChI=1S/C18H17N5O5/c1-9-11(7-12-15(20-9)22(2)18(28)23(3)17(12)27)16(26)21-19-8-10-4-5-13(24)14(25)6-10/h4-8,24-25H,1-3H3,(H,21,26)/b19-8-. The largest absolute Gasteiger partial charge is 0.504 e. The lowest BCUT2D eigenvalue weighted by atomic mass is 10.1. The lowest BCUT2D eigenvalue weighted by Crippen LogP contribution is -2.37. The number of nitrogens with one attached hydrogen (secondary N) is 1. The van der Waals surface area contributed by atoms with Crippen LogP contribution >= 0.6 is 0 Å². The van der Waals surface area contributed by atoms with Crippen LogP contribution in [0.15, 0.2) is 39.0 Å². The quantitative estimate of drug-likeness (QED) is 0.333. The molecule has 0 atom stereocenters. The van der Waals surface area contributed by atoms with Crippen LogP contribution in [0.1, 0.15) is 21.6 Å². The number of hydrazone groups is 1. The van der Waals surface area contributed by atoms with E-state index in [1.165, 1.54) is 49.1 Å². The van der Waals surface area contributed by atoms with E-state index < -0.39 is 17.2 Å². The van der Waals surface area contributed by atoms with Crippen LogP contribution in [0.25, 0.3) is 11.0 Å². The first kappa shape index (κ1) is 18.8. The number of aryl methyl sites for hydroxylation is 2. The molecule has 0 saturated carbocycles. The number of hydrogen-bond acceptors (Lipinski definition) is 7. The normalized spacial score (nSPS) is 11.2. The van der Waals surface area contributed by atoms with Crippen LogP contribution < -0.4 is 16.7 Å². The zero-order chi connectivity index (χ0) is 20.6. The summed E-state index contributed by atoms with van der Waals surface area (Å²) in [5.41, 5.74) is 2.35. The van der Waals surface area contributed by atoms with Crippen molar-refractivity contribution < 1.29 is 15.0 Å². The minimum Gasteiger partial charge on any atom is -0.504 e. The molecular formula is C18H17N5O5. The van der Waals surface area contributed by atoms with Crippen molar-refractivity contribution in [3.05, 3.63) is 61.9 Å². The van der Waals surface area contributed by atoms with E-state index in [0.717, 1.165) is 4.57 Å². The molecule has 0 radical (unpaired) electrons. The van der Waals surface area contributed by atoms with E-state index in [9.17, 15) is 24.6 Å². The first-order valence-electron chi connectivity index (χ1n) is 8.13. The molecule has 1 amide bonds. The molecule has 10 nitrogen and oxygen atoms in total. The fraction of sp³-hybridized carbons (Fsp3) is 0.167. The Morgan fingerprint density at radius 2 is 1.86 bits per heavy atom. The predicted octanol–water partition coefficient (Wildman–Crippen LogP) is 0.116. The topological polar surface area (TPSA) is 139 Å². The summed E-state index contributed by atoms with van der Waals surface area (Å²) < 4.78 is 2.18. The van der Waals surface area contributed by atoms with E-state index in [1.54, 1.807) is 6.92 Å². The third kappa shape index (κ3) is 3.22. The Kier molecular flexibility index (Phi) is 4.70. The van der Waals surface area contributed by atoms with Crippen LogP contribution in [-0.2, 0) is 14.1 Å². The molecule has 2 aromatic heterocycles. The fourth-order valence-corrected chi connectivity index (χ4v) is 2.67. The number of carbonyl (C=O) groups excluding carboxylic acids is 1. The Morgan fingerprint density at radius 1 is 1.14 bits per heavy atom. The maximum absolute atomic E-state index is 12.4. The SMILES string of the molecule is Cc1nc2c(cc1C(=O)N/N=C\c1ccc(O)c(O)c1)c(=O)n(C)c(=O)n2C. The summed E-state index contributed by atoms with van der Waals surface area (Å²) in [6.45, 7) is 1.58. The lowest BCUT2D eigenvalue weighted by molar-refractivity contribution is 0.0954. The molecule has 0 unspecified atom stereocenters. The third-order valence-corrected chi connectivity index (χ3v) is 4.24. The third-order valence-electron chi connectivity index (χ3n) is 4.24. The van der Waals surface area contributed by atoms with Crippen molar-refractivity contribution in [1.82, 2.24) is 19.5 Å². The van der Waals surface area contributed by atoms with E-state index in [2.05, 4.69) is 15.5 Å². The second-order valence-electron chi connectivity index (χ2n) is 6.15. The van der Waals surface area contributed by atoms with Gasteiger partial charge >= 0.3 is 5.69 Å². The van der Waals surface area contributed by atoms with Gasteiger partial charge < -0.3 is 10.2 Å². The minimum absolute atomic E-state index is 0.132. The smallest absolute Gasteiger partial charge is 0.332 e. The molecule has 0 aliphatic rings. The van der Waals surface area contributed by atoms with Crippen LogP contribution in [-0.4, -0.2) is 36.5 Å². The molecule has 0 fully saturated rings. The van der Waals surface area contributed by atoms with Crippen LogP contribution in [0.3, 0.4) is 0 Å². The van der Waals surface area contributed by atoms with E-state index in [0.29, 0.717) is 11.3 Å². The van der Waals surface area contributed by atoms with E-state index in [-0.39, 0.29) is 28.1 Å². The molecule has 1 aromatic carbocycles. The summed E-state index contributed by atoms with van der Waals surface area (Å²) in [5, 5.41) is 22.7. The molecule has 0 aliphatic carbocycles. The molecule has 0 saturated heterocycles. The molecule has 0 bridgehead atoms. The Bertz CT molecular complexity index is 1260. The molecule has 3 aromatic rings. The second-order valence-corrected chi connectivity index (χ2v) is 6.15. The summed E-state index contributed by atoms with van der Waals surface area (Å²) in [5.74, 6) is -1.18.